The van der Waals surface area contributed by atoms with Crippen molar-refractivity contribution in [3.8, 4) is 11.3 Å². The molecule has 1 amide bonds. The van der Waals surface area contributed by atoms with Gasteiger partial charge in [-0.15, -0.1) is 11.3 Å². The monoisotopic (exact) mass is 411 g/mol. The van der Waals surface area contributed by atoms with Crippen LogP contribution in [-0.2, 0) is 22.4 Å². The van der Waals surface area contributed by atoms with Gasteiger partial charge in [0.05, 0.1) is 35.8 Å². The molecule has 0 N–H and O–H groups in total. The molecule has 1 atom stereocenters. The first-order valence-corrected chi connectivity index (χ1v) is 10.9. The minimum absolute atomic E-state index is 0.172. The van der Waals surface area contributed by atoms with E-state index in [1.54, 1.807) is 11.3 Å². The van der Waals surface area contributed by atoms with Gasteiger partial charge in [0.1, 0.15) is 11.9 Å². The van der Waals surface area contributed by atoms with Crippen molar-refractivity contribution in [1.82, 2.24) is 15.0 Å². The predicted molar refractivity (Wildman–Crippen MR) is 112 cm³/mol. The highest BCUT2D eigenvalue weighted by molar-refractivity contribution is 7.09. The predicted octanol–water partition coefficient (Wildman–Crippen LogP) is 4.20. The summed E-state index contributed by atoms with van der Waals surface area (Å²) in [5.74, 6) is 1.01. The van der Waals surface area contributed by atoms with E-state index in [0.717, 1.165) is 41.2 Å². The van der Waals surface area contributed by atoms with Gasteiger partial charge in [-0.05, 0) is 36.9 Å². The van der Waals surface area contributed by atoms with Crippen LogP contribution in [0.25, 0.3) is 11.3 Å². The molecule has 1 saturated heterocycles. The molecular weight excluding hydrogens is 386 g/mol. The molecule has 1 aliphatic rings. The number of rotatable bonds is 6. The number of aromatic nitrogens is 2. The van der Waals surface area contributed by atoms with Crippen LogP contribution in [0.3, 0.4) is 0 Å². The minimum Gasteiger partial charge on any atom is -0.368 e. The van der Waals surface area contributed by atoms with Gasteiger partial charge in [0.2, 0.25) is 5.91 Å². The lowest BCUT2D eigenvalue weighted by Gasteiger charge is -2.33. The highest BCUT2D eigenvalue weighted by Gasteiger charge is 2.27. The first-order chi connectivity index (χ1) is 14.2. The van der Waals surface area contributed by atoms with Crippen LogP contribution in [0.5, 0.6) is 0 Å². The molecule has 0 radical (unpaired) electrons. The molecule has 4 rings (SSSR count). The number of amides is 1. The first kappa shape index (κ1) is 19.8. The molecule has 0 spiro atoms. The summed E-state index contributed by atoms with van der Waals surface area (Å²) in [7, 11) is 0. The zero-order valence-corrected chi connectivity index (χ0v) is 17.6. The number of morpholine rings is 1. The standard InChI is InChI=1S/C22H25N3O3S/c1-3-19-22(15(2)24-28-19)18-8-4-7-17(23-18)20-14-25(11-12-27-20)21(26)10-9-16-6-5-13-29-16/h4-8,13,20H,3,9-12,14H2,1-2H3. The second-order valence-electron chi connectivity index (χ2n) is 7.15. The van der Waals surface area contributed by atoms with Crippen molar-refractivity contribution in [2.75, 3.05) is 19.7 Å². The summed E-state index contributed by atoms with van der Waals surface area (Å²) in [5.41, 5.74) is 3.46. The van der Waals surface area contributed by atoms with Crippen LogP contribution >= 0.6 is 11.3 Å². The van der Waals surface area contributed by atoms with E-state index < -0.39 is 0 Å². The van der Waals surface area contributed by atoms with Gasteiger partial charge in [-0.25, -0.2) is 4.98 Å². The van der Waals surface area contributed by atoms with Crippen molar-refractivity contribution in [3.05, 3.63) is 57.7 Å². The summed E-state index contributed by atoms with van der Waals surface area (Å²) in [4.78, 5) is 20.7. The molecule has 0 aromatic carbocycles. The molecule has 6 nitrogen and oxygen atoms in total. The van der Waals surface area contributed by atoms with Crippen LogP contribution in [-0.4, -0.2) is 40.6 Å². The molecule has 0 aliphatic carbocycles. The van der Waals surface area contributed by atoms with Gasteiger partial charge in [0.15, 0.2) is 0 Å². The van der Waals surface area contributed by atoms with Gasteiger partial charge < -0.3 is 14.2 Å². The Morgan fingerprint density at radius 3 is 3.00 bits per heavy atom. The average Bonchev–Trinajstić information content (AvgIpc) is 3.41. The fourth-order valence-electron chi connectivity index (χ4n) is 3.65. The Bertz CT molecular complexity index is 968. The van der Waals surface area contributed by atoms with Gasteiger partial charge in [-0.3, -0.25) is 4.79 Å². The molecule has 29 heavy (non-hydrogen) atoms. The SMILES string of the molecule is CCc1onc(C)c1-c1cccc(C2CN(C(=O)CCc3cccs3)CCO2)n1. The Morgan fingerprint density at radius 2 is 2.21 bits per heavy atom. The van der Waals surface area contributed by atoms with E-state index >= 15 is 0 Å². The zero-order valence-electron chi connectivity index (χ0n) is 16.8. The third kappa shape index (κ3) is 4.41. The maximum absolute atomic E-state index is 12.7. The van der Waals surface area contributed by atoms with Crippen molar-refractivity contribution in [2.45, 2.75) is 39.2 Å². The molecule has 1 aliphatic heterocycles. The summed E-state index contributed by atoms with van der Waals surface area (Å²) >= 11 is 1.70. The Kier molecular flexibility index (Phi) is 6.06. The molecule has 1 unspecified atom stereocenters. The smallest absolute Gasteiger partial charge is 0.223 e. The fourth-order valence-corrected chi connectivity index (χ4v) is 4.36. The maximum atomic E-state index is 12.7. The number of aryl methyl sites for hydroxylation is 3. The highest BCUT2D eigenvalue weighted by Crippen LogP contribution is 2.29. The van der Waals surface area contributed by atoms with Gasteiger partial charge >= 0.3 is 0 Å². The van der Waals surface area contributed by atoms with Crippen molar-refractivity contribution in [1.29, 1.82) is 0 Å². The number of carbonyl (C=O) groups is 1. The Morgan fingerprint density at radius 1 is 1.31 bits per heavy atom. The number of pyridine rings is 1. The molecule has 1 fully saturated rings. The van der Waals surface area contributed by atoms with E-state index in [2.05, 4.69) is 11.2 Å². The van der Waals surface area contributed by atoms with Crippen molar-refractivity contribution in [2.24, 2.45) is 0 Å². The molecule has 3 aromatic rings. The summed E-state index contributed by atoms with van der Waals surface area (Å²) in [6.07, 6.45) is 1.85. The number of nitrogens with zero attached hydrogens (tertiary/aromatic N) is 3. The quantitative estimate of drug-likeness (QED) is 0.608. The van der Waals surface area contributed by atoms with Crippen molar-refractivity contribution in [3.63, 3.8) is 0 Å². The van der Waals surface area contributed by atoms with Gasteiger partial charge in [0.25, 0.3) is 0 Å². The number of hydrogen-bond donors (Lipinski definition) is 0. The molecule has 152 valence electrons. The second kappa shape index (κ2) is 8.88. The van der Waals surface area contributed by atoms with E-state index in [0.29, 0.717) is 26.1 Å². The number of hydrogen-bond acceptors (Lipinski definition) is 6. The van der Waals surface area contributed by atoms with Crippen LogP contribution in [0.2, 0.25) is 0 Å². The third-order valence-electron chi connectivity index (χ3n) is 5.20. The average molecular weight is 412 g/mol. The zero-order chi connectivity index (χ0) is 20.2. The molecule has 7 heteroatoms. The summed E-state index contributed by atoms with van der Waals surface area (Å²) < 4.78 is 11.4. The number of ether oxygens (including phenoxy) is 1. The van der Waals surface area contributed by atoms with Crippen LogP contribution in [0.1, 0.15) is 41.5 Å². The van der Waals surface area contributed by atoms with Gasteiger partial charge in [-0.2, -0.15) is 0 Å². The highest BCUT2D eigenvalue weighted by atomic mass is 32.1. The van der Waals surface area contributed by atoms with Gasteiger partial charge in [-0.1, -0.05) is 24.2 Å². The minimum atomic E-state index is -0.223. The number of carbonyl (C=O) groups excluding carboxylic acids is 1. The maximum Gasteiger partial charge on any atom is 0.223 e. The lowest BCUT2D eigenvalue weighted by Crippen LogP contribution is -2.42. The lowest BCUT2D eigenvalue weighted by molar-refractivity contribution is -0.139. The number of thiophene rings is 1. The van der Waals surface area contributed by atoms with E-state index in [1.807, 2.05) is 48.4 Å². The largest absolute Gasteiger partial charge is 0.368 e. The van der Waals surface area contributed by atoms with E-state index in [1.165, 1.54) is 4.88 Å². The molecule has 0 saturated carbocycles. The lowest BCUT2D eigenvalue weighted by atomic mass is 10.1. The normalized spacial score (nSPS) is 16.9. The summed E-state index contributed by atoms with van der Waals surface area (Å²) in [6, 6.07) is 10.0. The van der Waals surface area contributed by atoms with Crippen LogP contribution < -0.4 is 0 Å². The summed E-state index contributed by atoms with van der Waals surface area (Å²) in [5, 5.41) is 6.13. The second-order valence-corrected chi connectivity index (χ2v) is 8.18. The van der Waals surface area contributed by atoms with Gasteiger partial charge in [0, 0.05) is 24.3 Å². The van der Waals surface area contributed by atoms with E-state index in [-0.39, 0.29) is 12.0 Å². The van der Waals surface area contributed by atoms with E-state index in [9.17, 15) is 4.79 Å². The molecule has 0 bridgehead atoms. The Labute approximate surface area is 174 Å². The fraction of sp³-hybridized carbons (Fsp3) is 0.409. The summed E-state index contributed by atoms with van der Waals surface area (Å²) in [6.45, 7) is 5.65. The van der Waals surface area contributed by atoms with Crippen LogP contribution in [0.4, 0.5) is 0 Å². The molecule has 4 heterocycles. The Balaban J connectivity index is 1.47. The Hall–Kier alpha value is -2.51. The third-order valence-corrected chi connectivity index (χ3v) is 6.13. The molecule has 3 aromatic heterocycles. The molecular formula is C22H25N3O3S. The van der Waals surface area contributed by atoms with Crippen molar-refractivity contribution < 1.29 is 14.1 Å². The first-order valence-electron chi connectivity index (χ1n) is 10.00. The van der Waals surface area contributed by atoms with Crippen molar-refractivity contribution >= 4 is 17.2 Å². The van der Waals surface area contributed by atoms with Crippen LogP contribution in [0.15, 0.2) is 40.2 Å². The van der Waals surface area contributed by atoms with E-state index in [4.69, 9.17) is 14.2 Å². The topological polar surface area (TPSA) is 68.5 Å². The van der Waals surface area contributed by atoms with Crippen LogP contribution in [0, 0.1) is 6.92 Å².